The minimum atomic E-state index is -0.298. The van der Waals surface area contributed by atoms with Crippen LogP contribution in [-0.2, 0) is 17.9 Å². The molecule has 0 radical (unpaired) electrons. The molecular formula is C26H33FN4O2S. The number of rotatable bonds is 11. The summed E-state index contributed by atoms with van der Waals surface area (Å²) < 4.78 is 21.4. The number of hydrogen-bond donors (Lipinski definition) is 1. The first kappa shape index (κ1) is 25.7. The zero-order valence-electron chi connectivity index (χ0n) is 20.4. The number of aromatic nitrogens is 3. The first-order valence-electron chi connectivity index (χ1n) is 11.6. The number of amides is 1. The second-order valence-corrected chi connectivity index (χ2v) is 9.93. The summed E-state index contributed by atoms with van der Waals surface area (Å²) in [4.78, 5) is 12.4. The van der Waals surface area contributed by atoms with Crippen molar-refractivity contribution in [2.45, 2.75) is 64.9 Å². The molecule has 0 fully saturated rings. The Balaban J connectivity index is 1.67. The Bertz CT molecular complexity index is 1080. The molecule has 0 spiro atoms. The van der Waals surface area contributed by atoms with Crippen molar-refractivity contribution in [2.75, 3.05) is 5.75 Å². The molecule has 0 saturated heterocycles. The molecule has 1 N–H and O–H groups in total. The van der Waals surface area contributed by atoms with E-state index in [0.29, 0.717) is 23.5 Å². The highest BCUT2D eigenvalue weighted by Crippen LogP contribution is 2.31. The number of carbonyl (C=O) groups excluding carboxylic acids is 1. The van der Waals surface area contributed by atoms with Gasteiger partial charge in [-0.25, -0.2) is 4.39 Å². The van der Waals surface area contributed by atoms with Crippen molar-refractivity contribution in [2.24, 2.45) is 5.92 Å². The van der Waals surface area contributed by atoms with Gasteiger partial charge in [-0.2, -0.15) is 0 Å². The fourth-order valence-corrected chi connectivity index (χ4v) is 4.32. The van der Waals surface area contributed by atoms with E-state index in [2.05, 4.69) is 49.3 Å². The van der Waals surface area contributed by atoms with Crippen molar-refractivity contribution < 1.29 is 13.9 Å². The van der Waals surface area contributed by atoms with Gasteiger partial charge >= 0.3 is 0 Å². The molecule has 0 aliphatic heterocycles. The summed E-state index contributed by atoms with van der Waals surface area (Å²) in [6, 6.07) is 14.1. The molecule has 34 heavy (non-hydrogen) atoms. The van der Waals surface area contributed by atoms with Gasteiger partial charge in [0.05, 0.1) is 5.75 Å². The minimum absolute atomic E-state index is 0.120. The summed E-state index contributed by atoms with van der Waals surface area (Å²) in [6.07, 6.45) is -0.298. The van der Waals surface area contributed by atoms with Crippen LogP contribution in [0.3, 0.4) is 0 Å². The van der Waals surface area contributed by atoms with Gasteiger partial charge < -0.3 is 14.6 Å². The first-order chi connectivity index (χ1) is 16.2. The quantitative estimate of drug-likeness (QED) is 0.351. The Kier molecular flexibility index (Phi) is 9.10. The topological polar surface area (TPSA) is 69.0 Å². The van der Waals surface area contributed by atoms with Crippen LogP contribution in [0.2, 0.25) is 0 Å². The van der Waals surface area contributed by atoms with Gasteiger partial charge in [0.15, 0.2) is 17.1 Å². The van der Waals surface area contributed by atoms with Crippen molar-refractivity contribution in [1.29, 1.82) is 0 Å². The van der Waals surface area contributed by atoms with Crippen LogP contribution in [0.15, 0.2) is 53.7 Å². The summed E-state index contributed by atoms with van der Waals surface area (Å²) in [5, 5.41) is 12.3. The molecule has 0 aliphatic rings. The monoisotopic (exact) mass is 484 g/mol. The van der Waals surface area contributed by atoms with E-state index in [4.69, 9.17) is 4.74 Å². The second-order valence-electron chi connectivity index (χ2n) is 8.99. The third-order valence-electron chi connectivity index (χ3n) is 5.24. The maximum absolute atomic E-state index is 13.0. The van der Waals surface area contributed by atoms with Gasteiger partial charge in [0.25, 0.3) is 0 Å². The standard InChI is InChI=1S/C26H33FN4O2S/c1-17(2)15-31-25(19(5)33-23-9-7-6-8-22(23)18(3)4)29-30-26(31)34-16-24(32)28-14-20-10-12-21(27)13-11-20/h6-13,17-19H,14-16H2,1-5H3,(H,28,32). The normalized spacial score (nSPS) is 12.2. The fraction of sp³-hybridized carbons (Fsp3) is 0.423. The van der Waals surface area contributed by atoms with Crippen LogP contribution < -0.4 is 10.1 Å². The van der Waals surface area contributed by atoms with Crippen LogP contribution in [-0.4, -0.2) is 26.4 Å². The lowest BCUT2D eigenvalue weighted by Crippen LogP contribution is -2.25. The maximum atomic E-state index is 13.0. The highest BCUT2D eigenvalue weighted by molar-refractivity contribution is 7.99. The van der Waals surface area contributed by atoms with Crippen LogP contribution in [0, 0.1) is 11.7 Å². The van der Waals surface area contributed by atoms with E-state index in [1.54, 1.807) is 12.1 Å². The maximum Gasteiger partial charge on any atom is 0.230 e. The van der Waals surface area contributed by atoms with E-state index in [9.17, 15) is 9.18 Å². The third kappa shape index (κ3) is 7.06. The molecule has 8 heteroatoms. The first-order valence-corrected chi connectivity index (χ1v) is 12.6. The Morgan fingerprint density at radius 3 is 2.44 bits per heavy atom. The molecule has 6 nitrogen and oxygen atoms in total. The SMILES string of the molecule is CC(C)Cn1c(SCC(=O)NCc2ccc(F)cc2)nnc1C(C)Oc1ccccc1C(C)C. The molecule has 1 aromatic heterocycles. The van der Waals surface area contributed by atoms with Gasteiger partial charge in [-0.1, -0.05) is 69.8 Å². The van der Waals surface area contributed by atoms with Gasteiger partial charge in [-0.3, -0.25) is 4.79 Å². The van der Waals surface area contributed by atoms with Gasteiger partial charge in [-0.15, -0.1) is 10.2 Å². The molecule has 2 aromatic carbocycles. The number of para-hydroxylation sites is 1. The van der Waals surface area contributed by atoms with Gasteiger partial charge in [0.2, 0.25) is 5.91 Å². The molecule has 1 heterocycles. The summed E-state index contributed by atoms with van der Waals surface area (Å²) in [5.41, 5.74) is 1.99. The largest absolute Gasteiger partial charge is 0.482 e. The summed E-state index contributed by atoms with van der Waals surface area (Å²) in [7, 11) is 0. The number of hydrogen-bond acceptors (Lipinski definition) is 5. The van der Waals surface area contributed by atoms with Gasteiger partial charge in [0, 0.05) is 13.1 Å². The summed E-state index contributed by atoms with van der Waals surface area (Å²) >= 11 is 1.35. The van der Waals surface area contributed by atoms with Crippen molar-refractivity contribution in [1.82, 2.24) is 20.1 Å². The van der Waals surface area contributed by atoms with Crippen LogP contribution in [0.25, 0.3) is 0 Å². The average Bonchev–Trinajstić information content (AvgIpc) is 3.19. The Labute approximate surface area is 205 Å². The fourth-order valence-electron chi connectivity index (χ4n) is 3.54. The predicted molar refractivity (Wildman–Crippen MR) is 133 cm³/mol. The van der Waals surface area contributed by atoms with Crippen molar-refractivity contribution in [3.05, 3.63) is 71.3 Å². The van der Waals surface area contributed by atoms with E-state index in [-0.39, 0.29) is 23.6 Å². The molecule has 3 rings (SSSR count). The molecule has 1 atom stereocenters. The Morgan fingerprint density at radius 1 is 1.06 bits per heavy atom. The lowest BCUT2D eigenvalue weighted by Gasteiger charge is -2.20. The highest BCUT2D eigenvalue weighted by atomic mass is 32.2. The molecule has 0 aliphatic carbocycles. The highest BCUT2D eigenvalue weighted by Gasteiger charge is 2.22. The smallest absolute Gasteiger partial charge is 0.230 e. The molecule has 0 saturated carbocycles. The molecule has 3 aromatic rings. The van der Waals surface area contributed by atoms with Gasteiger partial charge in [-0.05, 0) is 48.1 Å². The van der Waals surface area contributed by atoms with E-state index in [1.807, 2.05) is 29.7 Å². The zero-order chi connectivity index (χ0) is 24.7. The minimum Gasteiger partial charge on any atom is -0.482 e. The number of nitrogens with one attached hydrogen (secondary N) is 1. The third-order valence-corrected chi connectivity index (χ3v) is 6.20. The van der Waals surface area contributed by atoms with E-state index in [0.717, 1.165) is 29.2 Å². The number of carbonyl (C=O) groups is 1. The Hall–Kier alpha value is -2.87. The number of benzene rings is 2. The number of halogens is 1. The van der Waals surface area contributed by atoms with Gasteiger partial charge in [0.1, 0.15) is 11.6 Å². The summed E-state index contributed by atoms with van der Waals surface area (Å²) in [6.45, 7) is 11.6. The van der Waals surface area contributed by atoms with Crippen molar-refractivity contribution >= 4 is 17.7 Å². The van der Waals surface area contributed by atoms with Crippen molar-refractivity contribution in [3.8, 4) is 5.75 Å². The molecule has 182 valence electrons. The molecular weight excluding hydrogens is 451 g/mol. The van der Waals surface area contributed by atoms with Crippen molar-refractivity contribution in [3.63, 3.8) is 0 Å². The lowest BCUT2D eigenvalue weighted by atomic mass is 10.0. The molecule has 0 bridgehead atoms. The molecule has 1 amide bonds. The van der Waals surface area contributed by atoms with E-state index < -0.39 is 0 Å². The lowest BCUT2D eigenvalue weighted by molar-refractivity contribution is -0.118. The van der Waals surface area contributed by atoms with Crippen LogP contribution in [0.4, 0.5) is 4.39 Å². The van der Waals surface area contributed by atoms with Crippen LogP contribution >= 0.6 is 11.8 Å². The number of nitrogens with zero attached hydrogens (tertiary/aromatic N) is 3. The zero-order valence-corrected chi connectivity index (χ0v) is 21.2. The average molecular weight is 485 g/mol. The van der Waals surface area contributed by atoms with E-state index in [1.165, 1.54) is 23.9 Å². The van der Waals surface area contributed by atoms with Crippen LogP contribution in [0.5, 0.6) is 5.75 Å². The molecule has 1 unspecified atom stereocenters. The van der Waals surface area contributed by atoms with Crippen LogP contribution in [0.1, 0.15) is 63.6 Å². The summed E-state index contributed by atoms with van der Waals surface area (Å²) in [5.74, 6) is 2.10. The predicted octanol–water partition coefficient (Wildman–Crippen LogP) is 5.75. The van der Waals surface area contributed by atoms with E-state index >= 15 is 0 Å². The number of ether oxygens (including phenoxy) is 1. The second kappa shape index (κ2) is 12.0. The Morgan fingerprint density at radius 2 is 1.76 bits per heavy atom. The number of thioether (sulfide) groups is 1.